The van der Waals surface area contributed by atoms with Gasteiger partial charge < -0.3 is 10.2 Å². The van der Waals surface area contributed by atoms with Crippen LogP contribution in [0.25, 0.3) is 0 Å². The zero-order valence-corrected chi connectivity index (χ0v) is 11.3. The van der Waals surface area contributed by atoms with E-state index in [0.717, 1.165) is 31.2 Å². The van der Waals surface area contributed by atoms with Crippen LogP contribution >= 0.6 is 0 Å². The van der Waals surface area contributed by atoms with Crippen molar-refractivity contribution < 1.29 is 15.0 Å². The lowest BCUT2D eigenvalue weighted by molar-refractivity contribution is 0.0145. The Kier molecular flexibility index (Phi) is 4.22. The van der Waals surface area contributed by atoms with E-state index in [-0.39, 0.29) is 0 Å². The third kappa shape index (κ3) is 3.55. The number of likely N-dealkylation sites (N-methyl/N-ethyl adjacent to an activating group) is 1. The minimum atomic E-state index is -0.899. The number of aliphatic hydroxyl groups is 1. The van der Waals surface area contributed by atoms with Crippen LogP contribution in [0.5, 0.6) is 0 Å². The minimum absolute atomic E-state index is 0.341. The van der Waals surface area contributed by atoms with Crippen LogP contribution in [-0.4, -0.2) is 40.3 Å². The van der Waals surface area contributed by atoms with E-state index >= 15 is 0 Å². The summed E-state index contributed by atoms with van der Waals surface area (Å²) in [4.78, 5) is 13.1. The first kappa shape index (κ1) is 14.0. The third-order valence-electron chi connectivity index (χ3n) is 3.79. The number of carboxylic acid groups (broad SMARTS) is 1. The highest BCUT2D eigenvalue weighted by molar-refractivity contribution is 5.89. The molecule has 1 aliphatic carbocycles. The summed E-state index contributed by atoms with van der Waals surface area (Å²) in [5.74, 6) is -0.899. The van der Waals surface area contributed by atoms with Gasteiger partial charge in [-0.15, -0.1) is 0 Å². The van der Waals surface area contributed by atoms with Crippen molar-refractivity contribution in [1.29, 1.82) is 0 Å². The van der Waals surface area contributed by atoms with E-state index < -0.39 is 11.6 Å². The van der Waals surface area contributed by atoms with Crippen LogP contribution in [0.15, 0.2) is 24.3 Å². The molecule has 2 N–H and O–H groups in total. The van der Waals surface area contributed by atoms with Gasteiger partial charge in [-0.25, -0.2) is 4.79 Å². The summed E-state index contributed by atoms with van der Waals surface area (Å²) in [6, 6.07) is 7.03. The third-order valence-corrected chi connectivity index (χ3v) is 3.79. The van der Waals surface area contributed by atoms with Crippen LogP contribution in [0, 0.1) is 0 Å². The van der Waals surface area contributed by atoms with Gasteiger partial charge >= 0.3 is 5.97 Å². The topological polar surface area (TPSA) is 60.8 Å². The van der Waals surface area contributed by atoms with Gasteiger partial charge in [-0.05, 0) is 31.5 Å². The molecule has 1 aromatic rings. The van der Waals surface area contributed by atoms with E-state index in [1.807, 2.05) is 24.1 Å². The molecule has 4 nitrogen and oxygen atoms in total. The molecule has 0 atom stereocenters. The first-order valence-corrected chi connectivity index (χ1v) is 6.72. The summed E-state index contributed by atoms with van der Waals surface area (Å²) in [6.45, 7) is 1.14. The standard InChI is InChI=1S/C15H21NO3/c1-16(11-15(19)8-4-5-9-15)10-12-6-2-3-7-13(12)14(17)18/h2-3,6-7,19H,4-5,8-11H2,1H3,(H,17,18). The molecular formula is C15H21NO3. The van der Waals surface area contributed by atoms with E-state index in [1.165, 1.54) is 0 Å². The zero-order valence-electron chi connectivity index (χ0n) is 11.3. The van der Waals surface area contributed by atoms with Crippen molar-refractivity contribution >= 4 is 5.97 Å². The molecule has 0 radical (unpaired) electrons. The molecule has 0 heterocycles. The monoisotopic (exact) mass is 263 g/mol. The van der Waals surface area contributed by atoms with Gasteiger partial charge in [0.15, 0.2) is 0 Å². The van der Waals surface area contributed by atoms with Gasteiger partial charge in [-0.2, -0.15) is 0 Å². The first-order valence-electron chi connectivity index (χ1n) is 6.72. The molecule has 0 unspecified atom stereocenters. The van der Waals surface area contributed by atoms with Gasteiger partial charge in [-0.1, -0.05) is 31.0 Å². The number of hydrogen-bond donors (Lipinski definition) is 2. The van der Waals surface area contributed by atoms with Crippen LogP contribution in [0.2, 0.25) is 0 Å². The quantitative estimate of drug-likeness (QED) is 0.854. The van der Waals surface area contributed by atoms with Crippen LogP contribution in [0.1, 0.15) is 41.6 Å². The number of rotatable bonds is 5. The molecule has 104 valence electrons. The molecule has 0 aliphatic heterocycles. The van der Waals surface area contributed by atoms with Crippen molar-refractivity contribution in [2.45, 2.75) is 37.8 Å². The van der Waals surface area contributed by atoms with Gasteiger partial charge in [0.1, 0.15) is 0 Å². The number of hydrogen-bond acceptors (Lipinski definition) is 3. The highest BCUT2D eigenvalue weighted by atomic mass is 16.4. The largest absolute Gasteiger partial charge is 0.478 e. The molecule has 2 rings (SSSR count). The molecule has 0 spiro atoms. The fourth-order valence-corrected chi connectivity index (χ4v) is 2.91. The second-order valence-electron chi connectivity index (χ2n) is 5.57. The SMILES string of the molecule is CN(Cc1ccccc1C(=O)O)CC1(O)CCCC1. The molecular weight excluding hydrogens is 242 g/mol. The Morgan fingerprint density at radius 1 is 1.32 bits per heavy atom. The van der Waals surface area contributed by atoms with E-state index in [2.05, 4.69) is 0 Å². The summed E-state index contributed by atoms with van der Waals surface area (Å²) in [5, 5.41) is 19.5. The Balaban J connectivity index is 2.02. The Bertz CT molecular complexity index is 452. The van der Waals surface area contributed by atoms with Crippen molar-refractivity contribution in [1.82, 2.24) is 4.90 Å². The zero-order chi connectivity index (χ0) is 13.9. The first-order chi connectivity index (χ1) is 9.00. The van der Waals surface area contributed by atoms with Crippen molar-refractivity contribution in [3.05, 3.63) is 35.4 Å². The number of aromatic carboxylic acids is 1. The van der Waals surface area contributed by atoms with Crippen molar-refractivity contribution in [2.75, 3.05) is 13.6 Å². The highest BCUT2D eigenvalue weighted by Crippen LogP contribution is 2.30. The van der Waals surface area contributed by atoms with E-state index in [1.54, 1.807) is 12.1 Å². The fraction of sp³-hybridized carbons (Fsp3) is 0.533. The summed E-state index contributed by atoms with van der Waals surface area (Å²) < 4.78 is 0. The van der Waals surface area contributed by atoms with Crippen molar-refractivity contribution in [3.8, 4) is 0 Å². The number of nitrogens with zero attached hydrogens (tertiary/aromatic N) is 1. The maximum absolute atomic E-state index is 11.1. The lowest BCUT2D eigenvalue weighted by Crippen LogP contribution is -2.39. The Morgan fingerprint density at radius 2 is 1.95 bits per heavy atom. The van der Waals surface area contributed by atoms with Crippen molar-refractivity contribution in [2.24, 2.45) is 0 Å². The molecule has 0 bridgehead atoms. The van der Waals surface area contributed by atoms with Crippen LogP contribution in [-0.2, 0) is 6.54 Å². The lowest BCUT2D eigenvalue weighted by Gasteiger charge is -2.28. The maximum atomic E-state index is 11.1. The smallest absolute Gasteiger partial charge is 0.336 e. The Hall–Kier alpha value is -1.39. The van der Waals surface area contributed by atoms with Gasteiger partial charge in [0.05, 0.1) is 11.2 Å². The number of benzene rings is 1. The second-order valence-corrected chi connectivity index (χ2v) is 5.57. The molecule has 1 saturated carbocycles. The molecule has 19 heavy (non-hydrogen) atoms. The Labute approximate surface area is 113 Å². The van der Waals surface area contributed by atoms with Gasteiger partial charge in [0.2, 0.25) is 0 Å². The van der Waals surface area contributed by atoms with E-state index in [0.29, 0.717) is 18.7 Å². The predicted octanol–water partition coefficient (Wildman–Crippen LogP) is 2.12. The summed E-state index contributed by atoms with van der Waals surface area (Å²) in [5.41, 5.74) is 0.541. The Morgan fingerprint density at radius 3 is 2.58 bits per heavy atom. The fourth-order valence-electron chi connectivity index (χ4n) is 2.91. The normalized spacial score (nSPS) is 17.8. The maximum Gasteiger partial charge on any atom is 0.336 e. The minimum Gasteiger partial charge on any atom is -0.478 e. The van der Waals surface area contributed by atoms with Gasteiger partial charge in [0, 0.05) is 13.1 Å². The summed E-state index contributed by atoms with van der Waals surface area (Å²) in [6.07, 6.45) is 3.85. The van der Waals surface area contributed by atoms with E-state index in [4.69, 9.17) is 5.11 Å². The summed E-state index contributed by atoms with van der Waals surface area (Å²) >= 11 is 0. The highest BCUT2D eigenvalue weighted by Gasteiger charge is 2.32. The molecule has 0 aromatic heterocycles. The lowest BCUT2D eigenvalue weighted by atomic mass is 10.0. The molecule has 0 amide bonds. The average Bonchev–Trinajstić information content (AvgIpc) is 2.75. The summed E-state index contributed by atoms with van der Waals surface area (Å²) in [7, 11) is 1.93. The molecule has 1 fully saturated rings. The predicted molar refractivity (Wildman–Crippen MR) is 73.2 cm³/mol. The molecule has 1 aromatic carbocycles. The van der Waals surface area contributed by atoms with E-state index in [9.17, 15) is 9.90 Å². The molecule has 1 aliphatic rings. The molecule has 4 heteroatoms. The van der Waals surface area contributed by atoms with Crippen LogP contribution in [0.3, 0.4) is 0 Å². The van der Waals surface area contributed by atoms with Crippen molar-refractivity contribution in [3.63, 3.8) is 0 Å². The van der Waals surface area contributed by atoms with Gasteiger partial charge in [0.25, 0.3) is 0 Å². The number of carbonyl (C=O) groups is 1. The number of carboxylic acids is 1. The second kappa shape index (κ2) is 5.72. The van der Waals surface area contributed by atoms with Crippen LogP contribution in [0.4, 0.5) is 0 Å². The van der Waals surface area contributed by atoms with Crippen LogP contribution < -0.4 is 0 Å². The average molecular weight is 263 g/mol. The van der Waals surface area contributed by atoms with Gasteiger partial charge in [-0.3, -0.25) is 4.90 Å². The molecule has 0 saturated heterocycles.